The van der Waals surface area contributed by atoms with E-state index >= 15 is 0 Å². The van der Waals surface area contributed by atoms with Crippen LogP contribution < -0.4 is 0 Å². The summed E-state index contributed by atoms with van der Waals surface area (Å²) in [5, 5.41) is 9.49. The first-order valence-electron chi connectivity index (χ1n) is 8.32. The molecule has 1 N–H and O–H groups in total. The minimum absolute atomic E-state index is 0.0465. The highest BCUT2D eigenvalue weighted by Crippen LogP contribution is 2.33. The maximum atomic E-state index is 12.4. The van der Waals surface area contributed by atoms with Crippen LogP contribution in [-0.4, -0.2) is 47.7 Å². The van der Waals surface area contributed by atoms with E-state index in [1.807, 2.05) is 30.3 Å². The molecule has 3 atom stereocenters. The monoisotopic (exact) mass is 317 g/mol. The van der Waals surface area contributed by atoms with Gasteiger partial charge in [0.2, 0.25) is 5.91 Å². The number of carbonyl (C=O) groups excluding carboxylic acids is 1. The van der Waals surface area contributed by atoms with Crippen LogP contribution >= 0.6 is 0 Å². The standard InChI is InChI=1S/C18H23NO4/c20-17(9-8-14-7-4-10-23-14)19-11-15(16(12-19)18(21)22)13-5-2-1-3-6-13/h1-3,5-6,14-16H,4,7-12H2,(H,21,22). The summed E-state index contributed by atoms with van der Waals surface area (Å²) >= 11 is 0. The number of benzene rings is 1. The third-order valence-electron chi connectivity index (χ3n) is 4.92. The van der Waals surface area contributed by atoms with Gasteiger partial charge in [-0.05, 0) is 24.8 Å². The Bertz CT molecular complexity index is 553. The molecule has 23 heavy (non-hydrogen) atoms. The number of carboxylic acid groups (broad SMARTS) is 1. The summed E-state index contributed by atoms with van der Waals surface area (Å²) in [6.45, 7) is 1.59. The molecule has 124 valence electrons. The van der Waals surface area contributed by atoms with Gasteiger partial charge in [-0.1, -0.05) is 30.3 Å². The molecule has 0 aromatic heterocycles. The number of rotatable bonds is 5. The van der Waals surface area contributed by atoms with Crippen LogP contribution in [0.25, 0.3) is 0 Å². The quantitative estimate of drug-likeness (QED) is 0.904. The Morgan fingerprint density at radius 3 is 2.65 bits per heavy atom. The Kier molecular flexibility index (Phi) is 4.96. The maximum Gasteiger partial charge on any atom is 0.308 e. The SMILES string of the molecule is O=C(O)C1CN(C(=O)CCC2CCCO2)CC1c1ccccc1. The lowest BCUT2D eigenvalue weighted by Gasteiger charge is -2.17. The van der Waals surface area contributed by atoms with E-state index in [9.17, 15) is 14.7 Å². The molecular formula is C18H23NO4. The Morgan fingerprint density at radius 2 is 2.00 bits per heavy atom. The highest BCUT2D eigenvalue weighted by Gasteiger charge is 2.40. The lowest BCUT2D eigenvalue weighted by atomic mass is 9.89. The average molecular weight is 317 g/mol. The van der Waals surface area contributed by atoms with Crippen molar-refractivity contribution in [3.8, 4) is 0 Å². The summed E-state index contributed by atoms with van der Waals surface area (Å²) in [7, 11) is 0. The largest absolute Gasteiger partial charge is 0.481 e. The summed E-state index contributed by atoms with van der Waals surface area (Å²) in [4.78, 5) is 25.7. The number of aliphatic carboxylic acids is 1. The first-order chi connectivity index (χ1) is 11.1. The molecule has 2 aliphatic rings. The van der Waals surface area contributed by atoms with Crippen molar-refractivity contribution in [1.82, 2.24) is 4.90 Å². The number of hydrogen-bond acceptors (Lipinski definition) is 3. The lowest BCUT2D eigenvalue weighted by Crippen LogP contribution is -2.30. The van der Waals surface area contributed by atoms with Crippen LogP contribution in [0, 0.1) is 5.92 Å². The van der Waals surface area contributed by atoms with Crippen LogP contribution in [0.5, 0.6) is 0 Å². The van der Waals surface area contributed by atoms with Gasteiger partial charge in [0.1, 0.15) is 0 Å². The van der Waals surface area contributed by atoms with E-state index in [-0.39, 0.29) is 17.9 Å². The third kappa shape index (κ3) is 3.72. The third-order valence-corrected chi connectivity index (χ3v) is 4.92. The van der Waals surface area contributed by atoms with E-state index in [1.165, 1.54) is 0 Å². The summed E-state index contributed by atoms with van der Waals surface area (Å²) in [5.74, 6) is -1.43. The highest BCUT2D eigenvalue weighted by molar-refractivity contribution is 5.79. The molecule has 0 aliphatic carbocycles. The molecule has 0 radical (unpaired) electrons. The van der Waals surface area contributed by atoms with Crippen molar-refractivity contribution < 1.29 is 19.4 Å². The molecule has 2 aliphatic heterocycles. The smallest absolute Gasteiger partial charge is 0.308 e. The molecule has 5 nitrogen and oxygen atoms in total. The van der Waals surface area contributed by atoms with Crippen molar-refractivity contribution in [2.75, 3.05) is 19.7 Å². The summed E-state index contributed by atoms with van der Waals surface area (Å²) in [6.07, 6.45) is 3.47. The molecule has 1 aromatic carbocycles. The van der Waals surface area contributed by atoms with E-state index in [0.717, 1.165) is 31.4 Å². The molecule has 0 saturated carbocycles. The molecule has 2 saturated heterocycles. The van der Waals surface area contributed by atoms with E-state index in [4.69, 9.17) is 4.74 Å². The minimum atomic E-state index is -0.826. The Balaban J connectivity index is 1.62. The van der Waals surface area contributed by atoms with Gasteiger partial charge in [-0.3, -0.25) is 9.59 Å². The molecule has 1 aromatic rings. The van der Waals surface area contributed by atoms with Crippen molar-refractivity contribution in [2.24, 2.45) is 5.92 Å². The van der Waals surface area contributed by atoms with Gasteiger partial charge in [-0.25, -0.2) is 0 Å². The summed E-state index contributed by atoms with van der Waals surface area (Å²) in [5.41, 5.74) is 0.995. The molecule has 3 rings (SSSR count). The average Bonchev–Trinajstić information content (AvgIpc) is 3.23. The van der Waals surface area contributed by atoms with Gasteiger partial charge in [0, 0.05) is 32.0 Å². The van der Waals surface area contributed by atoms with Crippen LogP contribution in [-0.2, 0) is 14.3 Å². The summed E-state index contributed by atoms with van der Waals surface area (Å²) < 4.78 is 5.55. The Hall–Kier alpha value is -1.88. The molecule has 1 amide bonds. The predicted octanol–water partition coefficient (Wildman–Crippen LogP) is 2.27. The van der Waals surface area contributed by atoms with Crippen LogP contribution in [0.3, 0.4) is 0 Å². The molecule has 3 unspecified atom stereocenters. The van der Waals surface area contributed by atoms with Crippen LogP contribution in [0.4, 0.5) is 0 Å². The molecular weight excluding hydrogens is 294 g/mol. The number of hydrogen-bond donors (Lipinski definition) is 1. The number of nitrogens with zero attached hydrogens (tertiary/aromatic N) is 1. The molecule has 0 spiro atoms. The van der Waals surface area contributed by atoms with Crippen molar-refractivity contribution in [3.05, 3.63) is 35.9 Å². The van der Waals surface area contributed by atoms with Crippen molar-refractivity contribution >= 4 is 11.9 Å². The minimum Gasteiger partial charge on any atom is -0.481 e. The van der Waals surface area contributed by atoms with Crippen molar-refractivity contribution in [3.63, 3.8) is 0 Å². The first kappa shape index (κ1) is 16.0. The van der Waals surface area contributed by atoms with Gasteiger partial charge >= 0.3 is 5.97 Å². The maximum absolute atomic E-state index is 12.4. The number of ether oxygens (including phenoxy) is 1. The van der Waals surface area contributed by atoms with Gasteiger partial charge in [-0.15, -0.1) is 0 Å². The topological polar surface area (TPSA) is 66.8 Å². The van der Waals surface area contributed by atoms with Gasteiger partial charge in [-0.2, -0.15) is 0 Å². The lowest BCUT2D eigenvalue weighted by molar-refractivity contribution is -0.141. The molecule has 2 fully saturated rings. The second-order valence-corrected chi connectivity index (χ2v) is 6.43. The Labute approximate surface area is 136 Å². The van der Waals surface area contributed by atoms with E-state index in [1.54, 1.807) is 4.90 Å². The number of carbonyl (C=O) groups is 2. The molecule has 2 heterocycles. The van der Waals surface area contributed by atoms with E-state index in [2.05, 4.69) is 0 Å². The van der Waals surface area contributed by atoms with Crippen LogP contribution in [0.2, 0.25) is 0 Å². The Morgan fingerprint density at radius 1 is 1.22 bits per heavy atom. The molecule has 0 bridgehead atoms. The van der Waals surface area contributed by atoms with Crippen molar-refractivity contribution in [2.45, 2.75) is 37.7 Å². The zero-order chi connectivity index (χ0) is 16.2. The fourth-order valence-corrected chi connectivity index (χ4v) is 3.61. The fraction of sp³-hybridized carbons (Fsp3) is 0.556. The normalized spacial score (nSPS) is 27.3. The highest BCUT2D eigenvalue weighted by atomic mass is 16.5. The van der Waals surface area contributed by atoms with Crippen molar-refractivity contribution in [1.29, 1.82) is 0 Å². The fourth-order valence-electron chi connectivity index (χ4n) is 3.61. The van der Waals surface area contributed by atoms with E-state index < -0.39 is 11.9 Å². The number of likely N-dealkylation sites (tertiary alicyclic amines) is 1. The predicted molar refractivity (Wildman–Crippen MR) is 85.1 cm³/mol. The first-order valence-corrected chi connectivity index (χ1v) is 8.32. The second-order valence-electron chi connectivity index (χ2n) is 6.43. The van der Waals surface area contributed by atoms with Crippen LogP contribution in [0.15, 0.2) is 30.3 Å². The molecule has 5 heteroatoms. The summed E-state index contributed by atoms with van der Waals surface area (Å²) in [6, 6.07) is 9.63. The van der Waals surface area contributed by atoms with Gasteiger partial charge < -0.3 is 14.7 Å². The van der Waals surface area contributed by atoms with Gasteiger partial charge in [0.25, 0.3) is 0 Å². The van der Waals surface area contributed by atoms with Gasteiger partial charge in [0.15, 0.2) is 0 Å². The zero-order valence-electron chi connectivity index (χ0n) is 13.2. The number of amides is 1. The zero-order valence-corrected chi connectivity index (χ0v) is 13.2. The second kappa shape index (κ2) is 7.13. The van der Waals surface area contributed by atoms with Crippen LogP contribution in [0.1, 0.15) is 37.2 Å². The van der Waals surface area contributed by atoms with E-state index in [0.29, 0.717) is 19.5 Å². The number of carboxylic acids is 1. The van der Waals surface area contributed by atoms with Gasteiger partial charge in [0.05, 0.1) is 12.0 Å².